The first-order valence-corrected chi connectivity index (χ1v) is 5.95. The monoisotopic (exact) mass is 266 g/mol. The van der Waals surface area contributed by atoms with Crippen molar-refractivity contribution in [3.8, 4) is 22.7 Å². The molecule has 0 fully saturated rings. The van der Waals surface area contributed by atoms with Crippen molar-refractivity contribution >= 4 is 5.97 Å². The van der Waals surface area contributed by atoms with Crippen molar-refractivity contribution in [3.63, 3.8) is 0 Å². The van der Waals surface area contributed by atoms with Gasteiger partial charge in [0.2, 0.25) is 11.7 Å². The van der Waals surface area contributed by atoms with Crippen LogP contribution in [0.2, 0.25) is 0 Å². The van der Waals surface area contributed by atoms with E-state index in [4.69, 9.17) is 4.42 Å². The van der Waals surface area contributed by atoms with Gasteiger partial charge in [0.25, 0.3) is 0 Å². The Hall–Kier alpha value is -2.95. The number of oxazole rings is 1. The van der Waals surface area contributed by atoms with Crippen molar-refractivity contribution in [2.45, 2.75) is 0 Å². The lowest BCUT2D eigenvalue weighted by Crippen LogP contribution is -1.96. The van der Waals surface area contributed by atoms with Gasteiger partial charge in [-0.05, 0) is 12.1 Å². The van der Waals surface area contributed by atoms with Crippen LogP contribution in [0.4, 0.5) is 0 Å². The molecule has 3 aromatic rings. The molecular formula is C15H10N2O3. The van der Waals surface area contributed by atoms with Gasteiger partial charge in [-0.25, -0.2) is 9.78 Å². The van der Waals surface area contributed by atoms with E-state index in [2.05, 4.69) is 9.97 Å². The van der Waals surface area contributed by atoms with Crippen LogP contribution < -0.4 is 0 Å². The maximum Gasteiger partial charge on any atom is 0.374 e. The summed E-state index contributed by atoms with van der Waals surface area (Å²) in [5.41, 5.74) is 1.71. The zero-order chi connectivity index (χ0) is 13.9. The fourth-order valence-electron chi connectivity index (χ4n) is 1.87. The quantitative estimate of drug-likeness (QED) is 0.788. The van der Waals surface area contributed by atoms with Gasteiger partial charge in [0.15, 0.2) is 0 Å². The van der Waals surface area contributed by atoms with E-state index in [1.165, 1.54) is 0 Å². The first kappa shape index (κ1) is 12.1. The van der Waals surface area contributed by atoms with Crippen LogP contribution in [0.25, 0.3) is 22.7 Å². The Morgan fingerprint density at radius 3 is 2.35 bits per heavy atom. The molecule has 0 amide bonds. The molecule has 5 heteroatoms. The van der Waals surface area contributed by atoms with E-state index in [9.17, 15) is 9.90 Å². The summed E-state index contributed by atoms with van der Waals surface area (Å²) in [6, 6.07) is 12.5. The van der Waals surface area contributed by atoms with Gasteiger partial charge in [0, 0.05) is 23.5 Å². The molecule has 0 radical (unpaired) electrons. The number of hydrogen-bond acceptors (Lipinski definition) is 4. The van der Waals surface area contributed by atoms with Gasteiger partial charge >= 0.3 is 5.97 Å². The summed E-state index contributed by atoms with van der Waals surface area (Å²) in [5, 5.41) is 9.24. The molecule has 0 saturated heterocycles. The summed E-state index contributed by atoms with van der Waals surface area (Å²) >= 11 is 0. The number of benzene rings is 1. The fourth-order valence-corrected chi connectivity index (χ4v) is 1.87. The van der Waals surface area contributed by atoms with E-state index in [1.54, 1.807) is 36.7 Å². The summed E-state index contributed by atoms with van der Waals surface area (Å²) in [7, 11) is 0. The van der Waals surface area contributed by atoms with Crippen LogP contribution >= 0.6 is 0 Å². The smallest absolute Gasteiger partial charge is 0.374 e. The van der Waals surface area contributed by atoms with Gasteiger partial charge in [-0.3, -0.25) is 4.98 Å². The standard InChI is InChI=1S/C15H10N2O3/c18-15(19)13-12(10-4-2-1-3-5-10)17-14(20-13)11-6-8-16-9-7-11/h1-9H,(H,18,19). The number of rotatable bonds is 3. The molecule has 98 valence electrons. The van der Waals surface area contributed by atoms with E-state index in [1.807, 2.05) is 18.2 Å². The first-order chi connectivity index (χ1) is 9.75. The Balaban J connectivity index is 2.15. The fraction of sp³-hybridized carbons (Fsp3) is 0. The van der Waals surface area contributed by atoms with E-state index in [0.29, 0.717) is 16.8 Å². The zero-order valence-corrected chi connectivity index (χ0v) is 10.4. The Labute approximate surface area is 114 Å². The first-order valence-electron chi connectivity index (χ1n) is 5.95. The highest BCUT2D eigenvalue weighted by Gasteiger charge is 2.21. The highest BCUT2D eigenvalue weighted by molar-refractivity contribution is 5.92. The van der Waals surface area contributed by atoms with Crippen LogP contribution in [0.3, 0.4) is 0 Å². The number of nitrogens with zero attached hydrogens (tertiary/aromatic N) is 2. The van der Waals surface area contributed by atoms with Crippen molar-refractivity contribution in [2.75, 3.05) is 0 Å². The number of carboxylic acid groups (broad SMARTS) is 1. The third-order valence-electron chi connectivity index (χ3n) is 2.80. The van der Waals surface area contributed by atoms with Crippen LogP contribution in [0, 0.1) is 0 Å². The highest BCUT2D eigenvalue weighted by Crippen LogP contribution is 2.28. The summed E-state index contributed by atoms with van der Waals surface area (Å²) in [6.07, 6.45) is 3.20. The number of aromatic carboxylic acids is 1. The molecule has 2 heterocycles. The third kappa shape index (κ3) is 2.16. The Kier molecular flexibility index (Phi) is 3.01. The largest absolute Gasteiger partial charge is 0.475 e. The highest BCUT2D eigenvalue weighted by atomic mass is 16.4. The van der Waals surface area contributed by atoms with Gasteiger partial charge in [-0.15, -0.1) is 0 Å². The summed E-state index contributed by atoms with van der Waals surface area (Å²) in [5.74, 6) is -1.04. The molecule has 5 nitrogen and oxygen atoms in total. The molecule has 0 aliphatic carbocycles. The van der Waals surface area contributed by atoms with E-state index < -0.39 is 5.97 Å². The molecule has 0 bridgehead atoms. The lowest BCUT2D eigenvalue weighted by molar-refractivity contribution is 0.0664. The molecule has 0 saturated carbocycles. The van der Waals surface area contributed by atoms with E-state index in [-0.39, 0.29) is 11.7 Å². The molecule has 0 aliphatic heterocycles. The average molecular weight is 266 g/mol. The van der Waals surface area contributed by atoms with Crippen molar-refractivity contribution in [3.05, 3.63) is 60.6 Å². The van der Waals surface area contributed by atoms with Crippen molar-refractivity contribution < 1.29 is 14.3 Å². The van der Waals surface area contributed by atoms with Crippen LogP contribution in [0.5, 0.6) is 0 Å². The summed E-state index contributed by atoms with van der Waals surface area (Å²) in [4.78, 5) is 19.5. The predicted octanol–water partition coefficient (Wildman–Crippen LogP) is 3.10. The summed E-state index contributed by atoms with van der Waals surface area (Å²) < 4.78 is 5.38. The molecule has 0 unspecified atom stereocenters. The van der Waals surface area contributed by atoms with Crippen molar-refractivity contribution in [1.29, 1.82) is 0 Å². The third-order valence-corrected chi connectivity index (χ3v) is 2.80. The van der Waals surface area contributed by atoms with Crippen LogP contribution in [-0.2, 0) is 0 Å². The molecule has 0 atom stereocenters. The number of carbonyl (C=O) groups is 1. The average Bonchev–Trinajstić information content (AvgIpc) is 2.94. The number of carboxylic acids is 1. The van der Waals surface area contributed by atoms with Gasteiger partial charge < -0.3 is 9.52 Å². The van der Waals surface area contributed by atoms with E-state index >= 15 is 0 Å². The Morgan fingerprint density at radius 2 is 1.70 bits per heavy atom. The van der Waals surface area contributed by atoms with Gasteiger partial charge in [0.1, 0.15) is 5.69 Å². The van der Waals surface area contributed by atoms with Crippen LogP contribution in [0.1, 0.15) is 10.6 Å². The number of aromatic nitrogens is 2. The van der Waals surface area contributed by atoms with Gasteiger partial charge in [-0.2, -0.15) is 0 Å². The number of pyridine rings is 1. The maximum atomic E-state index is 11.3. The van der Waals surface area contributed by atoms with Crippen molar-refractivity contribution in [2.24, 2.45) is 0 Å². The molecule has 0 aliphatic rings. The SMILES string of the molecule is O=C(O)c1oc(-c2ccncc2)nc1-c1ccccc1. The second-order valence-electron chi connectivity index (χ2n) is 4.10. The second kappa shape index (κ2) is 4.97. The predicted molar refractivity (Wildman–Crippen MR) is 72.1 cm³/mol. The van der Waals surface area contributed by atoms with Gasteiger partial charge in [0.05, 0.1) is 0 Å². The number of hydrogen-bond donors (Lipinski definition) is 1. The van der Waals surface area contributed by atoms with Crippen LogP contribution in [-0.4, -0.2) is 21.0 Å². The van der Waals surface area contributed by atoms with E-state index in [0.717, 1.165) is 0 Å². The van der Waals surface area contributed by atoms with Gasteiger partial charge in [-0.1, -0.05) is 30.3 Å². The summed E-state index contributed by atoms with van der Waals surface area (Å²) in [6.45, 7) is 0. The van der Waals surface area contributed by atoms with Crippen LogP contribution in [0.15, 0.2) is 59.3 Å². The Morgan fingerprint density at radius 1 is 1.00 bits per heavy atom. The normalized spacial score (nSPS) is 10.4. The molecule has 3 rings (SSSR count). The minimum atomic E-state index is -1.14. The maximum absolute atomic E-state index is 11.3. The van der Waals surface area contributed by atoms with Crippen molar-refractivity contribution in [1.82, 2.24) is 9.97 Å². The molecule has 0 spiro atoms. The molecule has 1 aromatic carbocycles. The molecule has 2 aromatic heterocycles. The second-order valence-corrected chi connectivity index (χ2v) is 4.10. The zero-order valence-electron chi connectivity index (χ0n) is 10.4. The Bertz CT molecular complexity index is 736. The lowest BCUT2D eigenvalue weighted by atomic mass is 10.1. The minimum Gasteiger partial charge on any atom is -0.475 e. The minimum absolute atomic E-state index is 0.164. The molecule has 20 heavy (non-hydrogen) atoms. The molecular weight excluding hydrogens is 256 g/mol. The topological polar surface area (TPSA) is 76.2 Å². The lowest BCUT2D eigenvalue weighted by Gasteiger charge is -1.95. The molecule has 1 N–H and O–H groups in total.